The highest BCUT2D eigenvalue weighted by atomic mass is 79.9. The van der Waals surface area contributed by atoms with Crippen molar-refractivity contribution in [1.82, 2.24) is 4.31 Å². The number of rotatable bonds is 6. The summed E-state index contributed by atoms with van der Waals surface area (Å²) >= 11 is 21.4. The number of sulfonamides is 1. The van der Waals surface area contributed by atoms with Crippen molar-refractivity contribution in [2.75, 3.05) is 11.9 Å². The molecule has 0 radical (unpaired) electrons. The minimum Gasteiger partial charge on any atom is -0.324 e. The highest BCUT2D eigenvalue weighted by Crippen LogP contribution is 2.33. The normalized spacial score (nSPS) is 15.4. The van der Waals surface area contributed by atoms with Crippen LogP contribution < -0.4 is 5.32 Å². The second-order valence-corrected chi connectivity index (χ2v) is 11.1. The molecular formula is C20H20BrCl3N2O3S. The molecule has 0 unspecified atom stereocenters. The van der Waals surface area contributed by atoms with E-state index in [4.69, 9.17) is 34.8 Å². The van der Waals surface area contributed by atoms with E-state index in [1.165, 1.54) is 28.6 Å². The van der Waals surface area contributed by atoms with Gasteiger partial charge in [0.15, 0.2) is 0 Å². The highest BCUT2D eigenvalue weighted by molar-refractivity contribution is 9.10. The molecule has 1 saturated carbocycles. The number of halogens is 4. The van der Waals surface area contributed by atoms with Crippen LogP contribution in [0.25, 0.3) is 0 Å². The SMILES string of the molecule is O=C(CN(C1CCCCC1)S(=O)(=O)c1ccc(Br)cc1)Nc1cc(Cl)c(Cl)cc1Cl. The van der Waals surface area contributed by atoms with Crippen LogP contribution in [0.5, 0.6) is 0 Å². The van der Waals surface area contributed by atoms with Crippen LogP contribution in [0.1, 0.15) is 32.1 Å². The zero-order valence-electron chi connectivity index (χ0n) is 15.9. The second kappa shape index (κ2) is 10.2. The van der Waals surface area contributed by atoms with Crippen LogP contribution in [0.3, 0.4) is 0 Å². The van der Waals surface area contributed by atoms with Crippen LogP contribution in [0.2, 0.25) is 15.1 Å². The van der Waals surface area contributed by atoms with Crippen molar-refractivity contribution in [3.63, 3.8) is 0 Å². The molecule has 0 saturated heterocycles. The number of benzene rings is 2. The summed E-state index contributed by atoms with van der Waals surface area (Å²) in [5, 5.41) is 3.38. The Labute approximate surface area is 199 Å². The third-order valence-corrected chi connectivity index (χ3v) is 8.46. The number of carbonyl (C=O) groups is 1. The maximum absolute atomic E-state index is 13.4. The van der Waals surface area contributed by atoms with Gasteiger partial charge in [-0.2, -0.15) is 4.31 Å². The van der Waals surface area contributed by atoms with Crippen LogP contribution in [-0.2, 0) is 14.8 Å². The van der Waals surface area contributed by atoms with E-state index in [-0.39, 0.29) is 38.2 Å². The first-order chi connectivity index (χ1) is 14.2. The van der Waals surface area contributed by atoms with E-state index < -0.39 is 15.9 Å². The first-order valence-corrected chi connectivity index (χ1v) is 12.8. The number of anilines is 1. The van der Waals surface area contributed by atoms with E-state index in [2.05, 4.69) is 21.2 Å². The molecule has 0 heterocycles. The van der Waals surface area contributed by atoms with E-state index in [0.29, 0.717) is 0 Å². The lowest BCUT2D eigenvalue weighted by Crippen LogP contribution is -2.45. The molecule has 10 heteroatoms. The van der Waals surface area contributed by atoms with E-state index in [1.54, 1.807) is 12.1 Å². The van der Waals surface area contributed by atoms with Crippen LogP contribution in [0.15, 0.2) is 45.8 Å². The fraction of sp³-hybridized carbons (Fsp3) is 0.350. The number of amides is 1. The van der Waals surface area contributed by atoms with E-state index in [0.717, 1.165) is 36.6 Å². The van der Waals surface area contributed by atoms with Crippen molar-refractivity contribution in [3.8, 4) is 0 Å². The molecule has 1 amide bonds. The van der Waals surface area contributed by atoms with Gasteiger partial charge in [-0.25, -0.2) is 8.42 Å². The number of carbonyl (C=O) groups excluding carboxylic acids is 1. The number of hydrogen-bond donors (Lipinski definition) is 1. The molecule has 1 fully saturated rings. The first kappa shape index (κ1) is 23.8. The monoisotopic (exact) mass is 552 g/mol. The molecule has 30 heavy (non-hydrogen) atoms. The molecule has 0 spiro atoms. The molecule has 1 N–H and O–H groups in total. The topological polar surface area (TPSA) is 66.5 Å². The van der Waals surface area contributed by atoms with Gasteiger partial charge >= 0.3 is 0 Å². The highest BCUT2D eigenvalue weighted by Gasteiger charge is 2.34. The Kier molecular flexibility index (Phi) is 8.09. The predicted molar refractivity (Wildman–Crippen MR) is 125 cm³/mol. The lowest BCUT2D eigenvalue weighted by molar-refractivity contribution is -0.116. The predicted octanol–water partition coefficient (Wildman–Crippen LogP) is 6.37. The Bertz CT molecular complexity index is 1030. The van der Waals surface area contributed by atoms with Gasteiger partial charge in [0.1, 0.15) is 0 Å². The Morgan fingerprint density at radius 2 is 1.60 bits per heavy atom. The third-order valence-electron chi connectivity index (χ3n) is 4.99. The van der Waals surface area contributed by atoms with Crippen LogP contribution in [0.4, 0.5) is 5.69 Å². The van der Waals surface area contributed by atoms with Crippen molar-refractivity contribution in [3.05, 3.63) is 55.9 Å². The van der Waals surface area contributed by atoms with E-state index in [1.807, 2.05) is 0 Å². The van der Waals surface area contributed by atoms with Gasteiger partial charge in [-0.3, -0.25) is 4.79 Å². The number of nitrogens with one attached hydrogen (secondary N) is 1. The van der Waals surface area contributed by atoms with Gasteiger partial charge in [-0.05, 0) is 49.2 Å². The molecule has 2 aromatic carbocycles. The Morgan fingerprint density at radius 3 is 2.23 bits per heavy atom. The summed E-state index contributed by atoms with van der Waals surface area (Å²) in [6.45, 7) is -0.320. The Balaban J connectivity index is 1.86. The molecule has 1 aliphatic rings. The van der Waals surface area contributed by atoms with Crippen LogP contribution in [-0.4, -0.2) is 31.2 Å². The van der Waals surface area contributed by atoms with Gasteiger partial charge in [0.05, 0.1) is 32.2 Å². The second-order valence-electron chi connectivity index (χ2n) is 7.09. The van der Waals surface area contributed by atoms with Crippen LogP contribution >= 0.6 is 50.7 Å². The third kappa shape index (κ3) is 5.69. The lowest BCUT2D eigenvalue weighted by atomic mass is 9.95. The van der Waals surface area contributed by atoms with Crippen molar-refractivity contribution >= 4 is 72.4 Å². The number of hydrogen-bond acceptors (Lipinski definition) is 3. The molecule has 0 atom stereocenters. The first-order valence-electron chi connectivity index (χ1n) is 9.40. The van der Waals surface area contributed by atoms with Gasteiger partial charge in [-0.1, -0.05) is 70.0 Å². The molecule has 162 valence electrons. The standard InChI is InChI=1S/C20H20BrCl3N2O3S/c21-13-6-8-15(9-7-13)30(28,29)26(14-4-2-1-3-5-14)12-20(27)25-19-11-17(23)16(22)10-18(19)24/h6-11,14H,1-5,12H2,(H,25,27). The fourth-order valence-corrected chi connectivity index (χ4v) is 5.97. The molecule has 1 aliphatic carbocycles. The van der Waals surface area contributed by atoms with Gasteiger partial charge < -0.3 is 5.32 Å². The molecule has 3 rings (SSSR count). The van der Waals surface area contributed by atoms with E-state index >= 15 is 0 Å². The van der Waals surface area contributed by atoms with Crippen molar-refractivity contribution in [2.45, 2.75) is 43.0 Å². The average molecular weight is 555 g/mol. The molecular weight excluding hydrogens is 535 g/mol. The summed E-state index contributed by atoms with van der Waals surface area (Å²) in [4.78, 5) is 12.9. The van der Waals surface area contributed by atoms with Crippen LogP contribution in [0, 0.1) is 0 Å². The number of nitrogens with zero attached hydrogens (tertiary/aromatic N) is 1. The molecule has 5 nitrogen and oxygen atoms in total. The average Bonchev–Trinajstić information content (AvgIpc) is 2.71. The minimum atomic E-state index is -3.86. The maximum atomic E-state index is 13.4. The zero-order chi connectivity index (χ0) is 21.9. The maximum Gasteiger partial charge on any atom is 0.243 e. The summed E-state index contributed by atoms with van der Waals surface area (Å²) in [5.41, 5.74) is 0.278. The molecule has 2 aromatic rings. The smallest absolute Gasteiger partial charge is 0.243 e. The molecule has 0 aromatic heterocycles. The summed E-state index contributed by atoms with van der Waals surface area (Å²) in [5.74, 6) is -0.499. The van der Waals surface area contributed by atoms with Crippen molar-refractivity contribution in [1.29, 1.82) is 0 Å². The van der Waals surface area contributed by atoms with Crippen molar-refractivity contribution < 1.29 is 13.2 Å². The van der Waals surface area contributed by atoms with Gasteiger partial charge in [-0.15, -0.1) is 0 Å². The summed E-state index contributed by atoms with van der Waals surface area (Å²) in [6.07, 6.45) is 4.36. The quantitative estimate of drug-likeness (QED) is 0.422. The largest absolute Gasteiger partial charge is 0.324 e. The van der Waals surface area contributed by atoms with Gasteiger partial charge in [0.25, 0.3) is 0 Å². The lowest BCUT2D eigenvalue weighted by Gasteiger charge is -2.33. The zero-order valence-corrected chi connectivity index (χ0v) is 20.5. The summed E-state index contributed by atoms with van der Waals surface area (Å²) < 4.78 is 28.8. The van der Waals surface area contributed by atoms with E-state index in [9.17, 15) is 13.2 Å². The fourth-order valence-electron chi connectivity index (χ4n) is 3.47. The molecule has 0 aliphatic heterocycles. The Hall–Kier alpha value is -0.830. The molecule has 0 bridgehead atoms. The summed E-state index contributed by atoms with van der Waals surface area (Å²) in [7, 11) is -3.86. The van der Waals surface area contributed by atoms with Crippen molar-refractivity contribution in [2.24, 2.45) is 0 Å². The van der Waals surface area contributed by atoms with Gasteiger partial charge in [0.2, 0.25) is 15.9 Å². The van der Waals surface area contributed by atoms with Gasteiger partial charge in [0, 0.05) is 10.5 Å². The summed E-state index contributed by atoms with van der Waals surface area (Å²) in [6, 6.07) is 9.04. The minimum absolute atomic E-state index is 0.150. The Morgan fingerprint density at radius 1 is 1.00 bits per heavy atom.